The molecule has 1 N–H and O–H groups in total. The van der Waals surface area contributed by atoms with Crippen molar-refractivity contribution in [2.24, 2.45) is 0 Å². The number of ether oxygens (including phenoxy) is 1. The van der Waals surface area contributed by atoms with Crippen molar-refractivity contribution >= 4 is 45.1 Å². The van der Waals surface area contributed by atoms with Gasteiger partial charge in [-0.15, -0.1) is 11.8 Å². The van der Waals surface area contributed by atoms with Crippen LogP contribution in [0.1, 0.15) is 26.2 Å². The van der Waals surface area contributed by atoms with Crippen LogP contribution in [-0.2, 0) is 14.8 Å². The number of carbonyl (C=O) groups is 2. The van der Waals surface area contributed by atoms with E-state index >= 15 is 0 Å². The van der Waals surface area contributed by atoms with E-state index in [0.29, 0.717) is 18.0 Å². The van der Waals surface area contributed by atoms with Crippen LogP contribution in [0.3, 0.4) is 0 Å². The number of imide groups is 1. The summed E-state index contributed by atoms with van der Waals surface area (Å²) in [6, 6.07) is 12.6. The summed E-state index contributed by atoms with van der Waals surface area (Å²) in [5.74, 6) is 0.0988. The molecule has 2 aromatic rings. The SMILES string of the molecule is CCCCC1CN(c2ccccc2)c2cc(SC)c(OCCN3C(=O)CNC3=O)cc2S(=O)(=O)N1C. The Morgan fingerprint density at radius 1 is 1.17 bits per heavy atom. The van der Waals surface area contributed by atoms with Crippen molar-refractivity contribution in [1.29, 1.82) is 0 Å². The Bertz CT molecular complexity index is 1210. The number of unbranched alkanes of at least 4 members (excludes halogenated alkanes) is 1. The van der Waals surface area contributed by atoms with Gasteiger partial charge in [0.25, 0.3) is 0 Å². The smallest absolute Gasteiger partial charge is 0.324 e. The van der Waals surface area contributed by atoms with Crippen molar-refractivity contribution in [2.75, 3.05) is 44.4 Å². The first-order chi connectivity index (χ1) is 17.3. The normalized spacial score (nSPS) is 19.7. The number of fused-ring (bicyclic) bond motifs is 1. The highest BCUT2D eigenvalue weighted by Crippen LogP contribution is 2.43. The maximum absolute atomic E-state index is 13.8. The van der Waals surface area contributed by atoms with E-state index < -0.39 is 16.1 Å². The molecule has 0 aliphatic carbocycles. The number of urea groups is 1. The summed E-state index contributed by atoms with van der Waals surface area (Å²) in [5, 5.41) is 2.48. The van der Waals surface area contributed by atoms with Crippen molar-refractivity contribution in [3.05, 3.63) is 42.5 Å². The van der Waals surface area contributed by atoms with Gasteiger partial charge in [-0.1, -0.05) is 38.0 Å². The summed E-state index contributed by atoms with van der Waals surface area (Å²) in [6.07, 6.45) is 4.57. The number of nitrogens with zero attached hydrogens (tertiary/aromatic N) is 3. The van der Waals surface area contributed by atoms with Crippen molar-refractivity contribution in [2.45, 2.75) is 42.0 Å². The fourth-order valence-electron chi connectivity index (χ4n) is 4.49. The molecule has 194 valence electrons. The first-order valence-corrected chi connectivity index (χ1v) is 14.7. The molecule has 2 aliphatic rings. The van der Waals surface area contributed by atoms with Crippen molar-refractivity contribution in [3.8, 4) is 5.75 Å². The first kappa shape index (κ1) is 26.3. The summed E-state index contributed by atoms with van der Waals surface area (Å²) in [5.41, 5.74) is 1.53. The topological polar surface area (TPSA) is 99.3 Å². The minimum absolute atomic E-state index is 0.0210. The molecule has 1 atom stereocenters. The molecule has 1 saturated heterocycles. The number of likely N-dealkylation sites (N-methyl/N-ethyl adjacent to an activating group) is 1. The van der Waals surface area contributed by atoms with Gasteiger partial charge in [-0.25, -0.2) is 13.2 Å². The van der Waals surface area contributed by atoms with Crippen LogP contribution in [0.2, 0.25) is 0 Å². The van der Waals surface area contributed by atoms with Gasteiger partial charge in [0, 0.05) is 31.4 Å². The number of rotatable bonds is 9. The van der Waals surface area contributed by atoms with Gasteiger partial charge >= 0.3 is 6.03 Å². The van der Waals surface area contributed by atoms with Crippen LogP contribution >= 0.6 is 11.8 Å². The molecule has 2 heterocycles. The van der Waals surface area contributed by atoms with Gasteiger partial charge in [0.05, 0.1) is 23.7 Å². The van der Waals surface area contributed by atoms with Gasteiger partial charge in [0.2, 0.25) is 15.9 Å². The standard InChI is InChI=1S/C25H32N4O5S2/c1-4-5-9-19-17-29(18-10-7-6-8-11-18)20-14-22(35-3)21(15-23(20)36(32,33)27(19)2)34-13-12-28-24(30)16-26-25(28)31/h6-8,10-11,14-15,19H,4-5,9,12-13,16-17H2,1-3H3,(H,26,31). The van der Waals surface area contributed by atoms with Crippen molar-refractivity contribution < 1.29 is 22.7 Å². The molecule has 2 aromatic carbocycles. The number of sulfonamides is 1. The number of amides is 3. The molecule has 0 saturated carbocycles. The Morgan fingerprint density at radius 3 is 2.56 bits per heavy atom. The van der Waals surface area contributed by atoms with Crippen LogP contribution in [0.4, 0.5) is 16.2 Å². The minimum atomic E-state index is -3.81. The number of anilines is 2. The Hall–Kier alpha value is -2.76. The Balaban J connectivity index is 1.73. The van der Waals surface area contributed by atoms with Crippen molar-refractivity contribution in [1.82, 2.24) is 14.5 Å². The lowest BCUT2D eigenvalue weighted by Gasteiger charge is -2.29. The second-order valence-corrected chi connectivity index (χ2v) is 11.6. The van der Waals surface area contributed by atoms with Crippen LogP contribution in [-0.4, -0.2) is 75.1 Å². The number of hydrogen-bond donors (Lipinski definition) is 1. The molecule has 0 aromatic heterocycles. The molecule has 0 spiro atoms. The lowest BCUT2D eigenvalue weighted by Crippen LogP contribution is -2.40. The van der Waals surface area contributed by atoms with Crippen LogP contribution in [0.25, 0.3) is 0 Å². The fourth-order valence-corrected chi connectivity index (χ4v) is 6.60. The maximum atomic E-state index is 13.8. The molecule has 3 amide bonds. The molecule has 0 bridgehead atoms. The molecule has 0 radical (unpaired) electrons. The largest absolute Gasteiger partial charge is 0.491 e. The van der Waals surface area contributed by atoms with Gasteiger partial charge in [-0.2, -0.15) is 4.31 Å². The lowest BCUT2D eigenvalue weighted by molar-refractivity contribution is -0.125. The number of para-hydroxylation sites is 1. The van der Waals surface area contributed by atoms with E-state index in [1.807, 2.05) is 42.7 Å². The summed E-state index contributed by atoms with van der Waals surface area (Å²) in [7, 11) is -2.16. The van der Waals surface area contributed by atoms with Crippen LogP contribution in [0.15, 0.2) is 52.3 Å². The molecule has 11 heteroatoms. The van der Waals surface area contributed by atoms with Crippen molar-refractivity contribution in [3.63, 3.8) is 0 Å². The molecular weight excluding hydrogens is 500 g/mol. The molecule has 4 rings (SSSR count). The van der Waals surface area contributed by atoms with E-state index in [1.54, 1.807) is 13.1 Å². The van der Waals surface area contributed by atoms with Gasteiger partial charge in [0.15, 0.2) is 0 Å². The average molecular weight is 533 g/mol. The molecule has 2 aliphatic heterocycles. The second-order valence-electron chi connectivity index (χ2n) is 8.79. The zero-order chi connectivity index (χ0) is 25.9. The highest BCUT2D eigenvalue weighted by molar-refractivity contribution is 7.98. The highest BCUT2D eigenvalue weighted by atomic mass is 32.2. The predicted molar refractivity (Wildman–Crippen MR) is 141 cm³/mol. The first-order valence-electron chi connectivity index (χ1n) is 12.0. The van der Waals surface area contributed by atoms with E-state index in [2.05, 4.69) is 17.1 Å². The van der Waals surface area contributed by atoms with E-state index in [-0.39, 0.29) is 36.5 Å². The van der Waals surface area contributed by atoms with Gasteiger partial charge in [-0.3, -0.25) is 9.69 Å². The minimum Gasteiger partial charge on any atom is -0.491 e. The predicted octanol–water partition coefficient (Wildman–Crippen LogP) is 3.67. The van der Waals surface area contributed by atoms with Gasteiger partial charge in [0.1, 0.15) is 17.3 Å². The average Bonchev–Trinajstić information content (AvgIpc) is 3.17. The zero-order valence-electron chi connectivity index (χ0n) is 20.8. The Morgan fingerprint density at radius 2 is 1.92 bits per heavy atom. The summed E-state index contributed by atoms with van der Waals surface area (Å²) < 4.78 is 35.1. The second kappa shape index (κ2) is 11.1. The number of benzene rings is 2. The number of thioether (sulfide) groups is 1. The molecule has 36 heavy (non-hydrogen) atoms. The molecule has 9 nitrogen and oxygen atoms in total. The number of hydrogen-bond acceptors (Lipinski definition) is 7. The number of carbonyl (C=O) groups excluding carboxylic acids is 2. The number of nitrogens with one attached hydrogen (secondary N) is 1. The third kappa shape index (κ3) is 5.18. The fraction of sp³-hybridized carbons (Fsp3) is 0.440. The van der Waals surface area contributed by atoms with E-state index in [0.717, 1.165) is 34.7 Å². The third-order valence-corrected chi connectivity index (χ3v) is 9.27. The lowest BCUT2D eigenvalue weighted by atomic mass is 10.1. The maximum Gasteiger partial charge on any atom is 0.324 e. The summed E-state index contributed by atoms with van der Waals surface area (Å²) >= 11 is 1.45. The van der Waals surface area contributed by atoms with Gasteiger partial charge in [-0.05, 0) is 30.9 Å². The van der Waals surface area contributed by atoms with Crippen LogP contribution in [0, 0.1) is 0 Å². The zero-order valence-corrected chi connectivity index (χ0v) is 22.4. The van der Waals surface area contributed by atoms with Crippen LogP contribution < -0.4 is 15.0 Å². The Labute approximate surface area is 216 Å². The van der Waals surface area contributed by atoms with Crippen LogP contribution in [0.5, 0.6) is 5.75 Å². The quantitative estimate of drug-likeness (QED) is 0.389. The Kier molecular flexibility index (Phi) is 8.11. The molecule has 1 fully saturated rings. The summed E-state index contributed by atoms with van der Waals surface area (Å²) in [4.78, 5) is 27.8. The van der Waals surface area contributed by atoms with Gasteiger partial charge < -0.3 is 15.0 Å². The molecule has 1 unspecified atom stereocenters. The monoisotopic (exact) mass is 532 g/mol. The molecular formula is C25H32N4O5S2. The third-order valence-electron chi connectivity index (χ3n) is 6.57. The summed E-state index contributed by atoms with van der Waals surface area (Å²) in [6.45, 7) is 2.75. The highest BCUT2D eigenvalue weighted by Gasteiger charge is 2.37. The van der Waals surface area contributed by atoms with E-state index in [4.69, 9.17) is 4.74 Å². The van der Waals surface area contributed by atoms with E-state index in [9.17, 15) is 18.0 Å². The van der Waals surface area contributed by atoms with E-state index in [1.165, 1.54) is 16.1 Å².